The summed E-state index contributed by atoms with van der Waals surface area (Å²) in [4.78, 5) is 11.3. The van der Waals surface area contributed by atoms with E-state index in [-0.39, 0.29) is 0 Å². The van der Waals surface area contributed by atoms with Crippen molar-refractivity contribution in [3.8, 4) is 0 Å². The molecule has 7 heteroatoms. The molecule has 0 radical (unpaired) electrons. The zero-order chi connectivity index (χ0) is 13.9. The zero-order valence-corrected chi connectivity index (χ0v) is 11.8. The number of rotatable bonds is 3. The van der Waals surface area contributed by atoms with Gasteiger partial charge in [-0.05, 0) is 19.3 Å². The van der Waals surface area contributed by atoms with Crippen molar-refractivity contribution in [3.05, 3.63) is 6.20 Å². The maximum atomic E-state index is 5.48. The molecule has 1 unspecified atom stereocenters. The lowest BCUT2D eigenvalue weighted by Gasteiger charge is -2.30. The first-order valence-electron chi connectivity index (χ1n) is 7.28. The molecule has 1 aliphatic rings. The Bertz CT molecular complexity index is 579. The molecule has 1 atom stereocenters. The second kappa shape index (κ2) is 5.62. The summed E-state index contributed by atoms with van der Waals surface area (Å²) in [7, 11) is 0. The predicted octanol–water partition coefficient (Wildman–Crippen LogP) is 1.80. The van der Waals surface area contributed by atoms with E-state index >= 15 is 0 Å². The molecule has 4 N–H and O–H groups in total. The van der Waals surface area contributed by atoms with E-state index in [4.69, 9.17) is 5.84 Å². The van der Waals surface area contributed by atoms with Crippen molar-refractivity contribution in [1.29, 1.82) is 0 Å². The van der Waals surface area contributed by atoms with Gasteiger partial charge in [-0.15, -0.1) is 0 Å². The van der Waals surface area contributed by atoms with Gasteiger partial charge in [0.1, 0.15) is 5.82 Å². The third kappa shape index (κ3) is 2.29. The molecule has 1 saturated heterocycles. The van der Waals surface area contributed by atoms with Crippen LogP contribution >= 0.6 is 0 Å². The Labute approximate surface area is 117 Å². The molecule has 0 amide bonds. The van der Waals surface area contributed by atoms with Gasteiger partial charge in [0.2, 0.25) is 5.95 Å². The Morgan fingerprint density at radius 2 is 2.30 bits per heavy atom. The van der Waals surface area contributed by atoms with Crippen LogP contribution < -0.4 is 16.2 Å². The third-order valence-electron chi connectivity index (χ3n) is 4.04. The minimum atomic E-state index is 0.427. The van der Waals surface area contributed by atoms with E-state index in [1.165, 1.54) is 25.7 Å². The van der Waals surface area contributed by atoms with Crippen molar-refractivity contribution in [2.45, 2.75) is 45.1 Å². The summed E-state index contributed by atoms with van der Waals surface area (Å²) in [6.07, 6.45) is 7.90. The Kier molecular flexibility index (Phi) is 3.68. The number of nitrogen functional groups attached to an aromatic ring is 1. The van der Waals surface area contributed by atoms with E-state index < -0.39 is 0 Å². The molecule has 0 aliphatic carbocycles. The molecule has 0 saturated carbocycles. The number of fused-ring (bicyclic) bond motifs is 1. The summed E-state index contributed by atoms with van der Waals surface area (Å²) < 4.78 is 0. The molecule has 1 aliphatic heterocycles. The summed E-state index contributed by atoms with van der Waals surface area (Å²) in [5, 5.41) is 7.95. The number of H-pyrrole nitrogens is 1. The van der Waals surface area contributed by atoms with Gasteiger partial charge < -0.3 is 4.90 Å². The molecule has 2 aromatic rings. The third-order valence-corrected chi connectivity index (χ3v) is 4.04. The Balaban J connectivity index is 2.08. The molecule has 1 fully saturated rings. The first-order chi connectivity index (χ1) is 9.83. The Morgan fingerprint density at radius 3 is 3.10 bits per heavy atom. The van der Waals surface area contributed by atoms with Crippen LogP contribution in [0.3, 0.4) is 0 Å². The standard InChI is InChI=1S/C13H21N7/c1-2-9-6-4-3-5-7-20(9)12-10-8-15-19-11(10)16-13(17-12)18-14/h8-9H,2-7,14H2,1H3,(H2,15,16,17,18,19). The van der Waals surface area contributed by atoms with Crippen LogP contribution in [0.5, 0.6) is 0 Å². The SMILES string of the molecule is CCC1CCCCCN1c1nc(NN)nc2[nH]ncc12. The van der Waals surface area contributed by atoms with E-state index in [0.717, 1.165) is 29.8 Å². The molecule has 0 aromatic carbocycles. The lowest BCUT2D eigenvalue weighted by Crippen LogP contribution is -2.35. The normalized spacial score (nSPS) is 20.1. The van der Waals surface area contributed by atoms with Crippen LogP contribution in [0.1, 0.15) is 39.0 Å². The van der Waals surface area contributed by atoms with Gasteiger partial charge in [0.15, 0.2) is 5.65 Å². The summed E-state index contributed by atoms with van der Waals surface area (Å²) >= 11 is 0. The van der Waals surface area contributed by atoms with Gasteiger partial charge in [-0.2, -0.15) is 15.1 Å². The molecule has 2 aromatic heterocycles. The van der Waals surface area contributed by atoms with Gasteiger partial charge in [0.25, 0.3) is 0 Å². The van der Waals surface area contributed by atoms with Crippen LogP contribution in [0, 0.1) is 0 Å². The first-order valence-corrected chi connectivity index (χ1v) is 7.28. The highest BCUT2D eigenvalue weighted by molar-refractivity contribution is 5.87. The number of anilines is 2. The van der Waals surface area contributed by atoms with Crippen molar-refractivity contribution >= 4 is 22.8 Å². The van der Waals surface area contributed by atoms with Crippen LogP contribution in [0.2, 0.25) is 0 Å². The highest BCUT2D eigenvalue weighted by Crippen LogP contribution is 2.30. The van der Waals surface area contributed by atoms with Gasteiger partial charge in [-0.3, -0.25) is 10.5 Å². The highest BCUT2D eigenvalue weighted by atomic mass is 15.3. The zero-order valence-electron chi connectivity index (χ0n) is 11.8. The van der Waals surface area contributed by atoms with Gasteiger partial charge in [-0.1, -0.05) is 19.8 Å². The van der Waals surface area contributed by atoms with E-state index in [2.05, 4.69) is 37.4 Å². The Hall–Kier alpha value is -1.89. The van der Waals surface area contributed by atoms with Crippen LogP contribution in [0.25, 0.3) is 11.0 Å². The fourth-order valence-electron chi connectivity index (χ4n) is 2.98. The van der Waals surface area contributed by atoms with Crippen LogP contribution in [0.4, 0.5) is 11.8 Å². The van der Waals surface area contributed by atoms with Gasteiger partial charge in [-0.25, -0.2) is 5.84 Å². The fourth-order valence-corrected chi connectivity index (χ4v) is 2.98. The minimum absolute atomic E-state index is 0.427. The summed E-state index contributed by atoms with van der Waals surface area (Å²) in [5.74, 6) is 6.84. The monoisotopic (exact) mass is 275 g/mol. The van der Waals surface area contributed by atoms with E-state index in [9.17, 15) is 0 Å². The average molecular weight is 275 g/mol. The van der Waals surface area contributed by atoms with E-state index in [0.29, 0.717) is 12.0 Å². The van der Waals surface area contributed by atoms with Gasteiger partial charge in [0, 0.05) is 12.6 Å². The second-order valence-corrected chi connectivity index (χ2v) is 5.25. The summed E-state index contributed by atoms with van der Waals surface area (Å²) in [5.41, 5.74) is 3.26. The van der Waals surface area contributed by atoms with Crippen molar-refractivity contribution < 1.29 is 0 Å². The van der Waals surface area contributed by atoms with Crippen molar-refractivity contribution in [2.75, 3.05) is 16.9 Å². The van der Waals surface area contributed by atoms with Crippen molar-refractivity contribution in [1.82, 2.24) is 20.2 Å². The van der Waals surface area contributed by atoms with Crippen molar-refractivity contribution in [3.63, 3.8) is 0 Å². The average Bonchev–Trinajstić information content (AvgIpc) is 2.82. The van der Waals surface area contributed by atoms with Crippen molar-refractivity contribution in [2.24, 2.45) is 5.84 Å². The second-order valence-electron chi connectivity index (χ2n) is 5.25. The minimum Gasteiger partial charge on any atom is -0.353 e. The largest absolute Gasteiger partial charge is 0.353 e. The number of hydrogen-bond donors (Lipinski definition) is 3. The van der Waals surface area contributed by atoms with Gasteiger partial charge in [0.05, 0.1) is 11.6 Å². The number of nitrogens with zero attached hydrogens (tertiary/aromatic N) is 4. The lowest BCUT2D eigenvalue weighted by atomic mass is 10.1. The van der Waals surface area contributed by atoms with Crippen LogP contribution in [-0.4, -0.2) is 32.8 Å². The molecular weight excluding hydrogens is 254 g/mol. The lowest BCUT2D eigenvalue weighted by molar-refractivity contribution is 0.553. The smallest absolute Gasteiger partial charge is 0.241 e. The number of nitrogens with two attached hydrogens (primary N) is 1. The number of hydrogen-bond acceptors (Lipinski definition) is 6. The predicted molar refractivity (Wildman–Crippen MR) is 79.4 cm³/mol. The molecular formula is C13H21N7. The molecule has 7 nitrogen and oxygen atoms in total. The summed E-state index contributed by atoms with van der Waals surface area (Å²) in [6, 6.07) is 0.524. The quantitative estimate of drug-likeness (QED) is 0.584. The van der Waals surface area contributed by atoms with E-state index in [1.807, 2.05) is 0 Å². The molecule has 3 heterocycles. The van der Waals surface area contributed by atoms with Gasteiger partial charge >= 0.3 is 0 Å². The number of hydrazine groups is 1. The fraction of sp³-hybridized carbons (Fsp3) is 0.615. The first kappa shape index (κ1) is 13.1. The van der Waals surface area contributed by atoms with Crippen LogP contribution in [-0.2, 0) is 0 Å². The number of aromatic nitrogens is 4. The molecule has 108 valence electrons. The maximum Gasteiger partial charge on any atom is 0.241 e. The number of aromatic amines is 1. The molecule has 20 heavy (non-hydrogen) atoms. The van der Waals surface area contributed by atoms with E-state index in [1.54, 1.807) is 6.20 Å². The highest BCUT2D eigenvalue weighted by Gasteiger charge is 2.24. The number of nitrogens with one attached hydrogen (secondary N) is 2. The van der Waals surface area contributed by atoms with Crippen LogP contribution in [0.15, 0.2) is 6.20 Å². The summed E-state index contributed by atoms with van der Waals surface area (Å²) in [6.45, 7) is 3.26. The molecule has 3 rings (SSSR count). The maximum absolute atomic E-state index is 5.48. The molecule has 0 bridgehead atoms. The topological polar surface area (TPSA) is 95.8 Å². The molecule has 0 spiro atoms. The Morgan fingerprint density at radius 1 is 1.40 bits per heavy atom.